The van der Waals surface area contributed by atoms with Gasteiger partial charge in [0.2, 0.25) is 0 Å². The van der Waals surface area contributed by atoms with E-state index in [1.165, 1.54) is 0 Å². The van der Waals surface area contributed by atoms with Crippen molar-refractivity contribution in [3.05, 3.63) is 21.6 Å². The van der Waals surface area contributed by atoms with Crippen LogP contribution >= 0.6 is 0 Å². The standard InChI is InChI=1S/C11H19N3O/c1-7(2)10-9(5-6-12)11(15)14(13-10)8-3-4-8/h7-8,13H,3-6,12H2,1-2H3. The average molecular weight is 209 g/mol. The van der Waals surface area contributed by atoms with Crippen molar-refractivity contribution in [3.8, 4) is 0 Å². The summed E-state index contributed by atoms with van der Waals surface area (Å²) in [6.45, 7) is 4.74. The first-order valence-corrected chi connectivity index (χ1v) is 5.68. The van der Waals surface area contributed by atoms with Crippen LogP contribution in [-0.4, -0.2) is 16.3 Å². The number of H-pyrrole nitrogens is 1. The molecular weight excluding hydrogens is 190 g/mol. The summed E-state index contributed by atoms with van der Waals surface area (Å²) >= 11 is 0. The van der Waals surface area contributed by atoms with Crippen LogP contribution in [0.25, 0.3) is 0 Å². The van der Waals surface area contributed by atoms with Crippen LogP contribution in [0.4, 0.5) is 0 Å². The highest BCUT2D eigenvalue weighted by Crippen LogP contribution is 2.33. The number of hydrogen-bond donors (Lipinski definition) is 2. The number of nitrogens with two attached hydrogens (primary N) is 1. The van der Waals surface area contributed by atoms with Crippen LogP contribution in [0.5, 0.6) is 0 Å². The maximum Gasteiger partial charge on any atom is 0.270 e. The largest absolute Gasteiger partial charge is 0.330 e. The summed E-state index contributed by atoms with van der Waals surface area (Å²) in [7, 11) is 0. The van der Waals surface area contributed by atoms with Crippen molar-refractivity contribution in [1.82, 2.24) is 9.78 Å². The van der Waals surface area contributed by atoms with E-state index in [1.54, 1.807) is 4.68 Å². The predicted octanol–water partition coefficient (Wildman–Crippen LogP) is 1.14. The van der Waals surface area contributed by atoms with E-state index in [0.29, 0.717) is 24.9 Å². The van der Waals surface area contributed by atoms with E-state index >= 15 is 0 Å². The van der Waals surface area contributed by atoms with Crippen LogP contribution in [0.1, 0.15) is 49.9 Å². The maximum atomic E-state index is 12.0. The molecule has 1 aliphatic rings. The molecular formula is C11H19N3O. The molecule has 0 spiro atoms. The molecule has 4 heteroatoms. The second-order valence-corrected chi connectivity index (χ2v) is 4.60. The van der Waals surface area contributed by atoms with Gasteiger partial charge in [-0.1, -0.05) is 13.8 Å². The Bertz CT molecular complexity index is 398. The van der Waals surface area contributed by atoms with Crippen LogP contribution in [0.3, 0.4) is 0 Å². The first-order valence-electron chi connectivity index (χ1n) is 5.68. The van der Waals surface area contributed by atoms with Crippen LogP contribution in [0.15, 0.2) is 4.79 Å². The highest BCUT2D eigenvalue weighted by Gasteiger charge is 2.28. The Morgan fingerprint density at radius 1 is 1.53 bits per heavy atom. The number of rotatable bonds is 4. The summed E-state index contributed by atoms with van der Waals surface area (Å²) in [5.74, 6) is 0.360. The normalized spacial score (nSPS) is 16.3. The van der Waals surface area contributed by atoms with Gasteiger partial charge >= 0.3 is 0 Å². The van der Waals surface area contributed by atoms with Gasteiger partial charge < -0.3 is 5.73 Å². The molecule has 0 radical (unpaired) electrons. The fraction of sp³-hybridized carbons (Fsp3) is 0.727. The Kier molecular flexibility index (Phi) is 2.69. The second-order valence-electron chi connectivity index (χ2n) is 4.60. The summed E-state index contributed by atoms with van der Waals surface area (Å²) < 4.78 is 1.79. The van der Waals surface area contributed by atoms with Crippen molar-refractivity contribution < 1.29 is 0 Å². The molecule has 15 heavy (non-hydrogen) atoms. The summed E-state index contributed by atoms with van der Waals surface area (Å²) in [6, 6.07) is 0.418. The number of nitrogens with one attached hydrogen (secondary N) is 1. The molecule has 0 unspecified atom stereocenters. The van der Waals surface area contributed by atoms with Gasteiger partial charge in [-0.25, -0.2) is 4.68 Å². The SMILES string of the molecule is CC(C)c1[nH]n(C2CC2)c(=O)c1CCN. The summed E-state index contributed by atoms with van der Waals surface area (Å²) in [5.41, 5.74) is 7.64. The minimum Gasteiger partial charge on any atom is -0.330 e. The van der Waals surface area contributed by atoms with Gasteiger partial charge in [0, 0.05) is 11.3 Å². The topological polar surface area (TPSA) is 63.8 Å². The second kappa shape index (κ2) is 3.85. The van der Waals surface area contributed by atoms with Gasteiger partial charge in [-0.05, 0) is 31.7 Å². The van der Waals surface area contributed by atoms with E-state index in [4.69, 9.17) is 5.73 Å². The molecule has 2 rings (SSSR count). The van der Waals surface area contributed by atoms with Gasteiger partial charge in [0.25, 0.3) is 5.56 Å². The molecule has 1 aromatic heterocycles. The van der Waals surface area contributed by atoms with Crippen molar-refractivity contribution in [1.29, 1.82) is 0 Å². The van der Waals surface area contributed by atoms with E-state index in [0.717, 1.165) is 24.1 Å². The quantitative estimate of drug-likeness (QED) is 0.781. The molecule has 0 aromatic carbocycles. The van der Waals surface area contributed by atoms with Crippen molar-refractivity contribution in [2.24, 2.45) is 5.73 Å². The lowest BCUT2D eigenvalue weighted by molar-refractivity contribution is 0.602. The Morgan fingerprint density at radius 3 is 2.67 bits per heavy atom. The van der Waals surface area contributed by atoms with Gasteiger partial charge in [-0.2, -0.15) is 0 Å². The van der Waals surface area contributed by atoms with Crippen molar-refractivity contribution >= 4 is 0 Å². The zero-order chi connectivity index (χ0) is 11.0. The average Bonchev–Trinajstić information content (AvgIpc) is 2.95. The third-order valence-corrected chi connectivity index (χ3v) is 2.93. The predicted molar refractivity (Wildman–Crippen MR) is 60.2 cm³/mol. The Morgan fingerprint density at radius 2 is 2.20 bits per heavy atom. The summed E-state index contributed by atoms with van der Waals surface area (Å²) in [6.07, 6.45) is 2.93. The molecule has 0 aliphatic heterocycles. The lowest BCUT2D eigenvalue weighted by Crippen LogP contribution is -2.19. The third kappa shape index (κ3) is 1.86. The molecule has 1 aromatic rings. The molecule has 4 nitrogen and oxygen atoms in total. The van der Waals surface area contributed by atoms with E-state index in [2.05, 4.69) is 18.9 Å². The highest BCUT2D eigenvalue weighted by molar-refractivity contribution is 5.21. The zero-order valence-corrected chi connectivity index (χ0v) is 9.42. The zero-order valence-electron chi connectivity index (χ0n) is 9.42. The molecule has 0 bridgehead atoms. The molecule has 0 atom stereocenters. The molecule has 1 aliphatic carbocycles. The van der Waals surface area contributed by atoms with E-state index < -0.39 is 0 Å². The molecule has 84 valence electrons. The first-order chi connectivity index (χ1) is 7.15. The first kappa shape index (κ1) is 10.5. The van der Waals surface area contributed by atoms with E-state index in [9.17, 15) is 4.79 Å². The van der Waals surface area contributed by atoms with Gasteiger partial charge in [0.05, 0.1) is 6.04 Å². The van der Waals surface area contributed by atoms with Gasteiger partial charge in [0.1, 0.15) is 0 Å². The van der Waals surface area contributed by atoms with Gasteiger partial charge in [-0.3, -0.25) is 9.89 Å². The minimum atomic E-state index is 0.145. The fourth-order valence-electron chi connectivity index (χ4n) is 1.96. The number of aromatic nitrogens is 2. The molecule has 1 fully saturated rings. The number of aromatic amines is 1. The lowest BCUT2D eigenvalue weighted by Gasteiger charge is -2.04. The summed E-state index contributed by atoms with van der Waals surface area (Å²) in [5, 5.41) is 3.24. The molecule has 0 saturated heterocycles. The summed E-state index contributed by atoms with van der Waals surface area (Å²) in [4.78, 5) is 12.0. The van der Waals surface area contributed by atoms with Crippen LogP contribution in [-0.2, 0) is 6.42 Å². The van der Waals surface area contributed by atoms with Crippen LogP contribution in [0.2, 0.25) is 0 Å². The van der Waals surface area contributed by atoms with Crippen molar-refractivity contribution in [2.75, 3.05) is 6.54 Å². The van der Waals surface area contributed by atoms with Gasteiger partial charge in [-0.15, -0.1) is 0 Å². The fourth-order valence-corrected chi connectivity index (χ4v) is 1.96. The van der Waals surface area contributed by atoms with Crippen LogP contribution < -0.4 is 11.3 Å². The molecule has 0 amide bonds. The van der Waals surface area contributed by atoms with Gasteiger partial charge in [0.15, 0.2) is 0 Å². The smallest absolute Gasteiger partial charge is 0.270 e. The van der Waals surface area contributed by atoms with Crippen LogP contribution in [0, 0.1) is 0 Å². The molecule has 3 N–H and O–H groups in total. The van der Waals surface area contributed by atoms with Crippen molar-refractivity contribution in [3.63, 3.8) is 0 Å². The maximum absolute atomic E-state index is 12.0. The third-order valence-electron chi connectivity index (χ3n) is 2.93. The number of nitrogens with zero attached hydrogens (tertiary/aromatic N) is 1. The molecule has 1 heterocycles. The highest BCUT2D eigenvalue weighted by atomic mass is 16.1. The lowest BCUT2D eigenvalue weighted by atomic mass is 10.0. The van der Waals surface area contributed by atoms with E-state index in [1.807, 2.05) is 0 Å². The van der Waals surface area contributed by atoms with Crippen molar-refractivity contribution in [2.45, 2.75) is 45.1 Å². The minimum absolute atomic E-state index is 0.145. The number of hydrogen-bond acceptors (Lipinski definition) is 2. The Labute approximate surface area is 89.5 Å². The van der Waals surface area contributed by atoms with E-state index in [-0.39, 0.29) is 5.56 Å². The molecule has 1 saturated carbocycles. The Balaban J connectivity index is 2.43. The monoisotopic (exact) mass is 209 g/mol. The Hall–Kier alpha value is -1.03.